The van der Waals surface area contributed by atoms with Crippen molar-refractivity contribution in [2.24, 2.45) is 0 Å². The van der Waals surface area contributed by atoms with Crippen LogP contribution in [0, 0.1) is 0 Å². The Morgan fingerprint density at radius 1 is 1.56 bits per heavy atom. The third-order valence-electron chi connectivity index (χ3n) is 2.72. The predicted molar refractivity (Wildman–Crippen MR) is 59.1 cm³/mol. The van der Waals surface area contributed by atoms with E-state index in [9.17, 15) is 9.90 Å². The normalized spacial score (nSPS) is 18.9. The molecule has 1 aliphatic rings. The van der Waals surface area contributed by atoms with Gasteiger partial charge < -0.3 is 15.2 Å². The van der Waals surface area contributed by atoms with E-state index in [-0.39, 0.29) is 17.8 Å². The van der Waals surface area contributed by atoms with Crippen LogP contribution in [0.3, 0.4) is 0 Å². The van der Waals surface area contributed by atoms with Gasteiger partial charge in [-0.25, -0.2) is 0 Å². The lowest BCUT2D eigenvalue weighted by molar-refractivity contribution is -0.145. The van der Waals surface area contributed by atoms with Crippen LogP contribution in [0.5, 0.6) is 5.75 Å². The van der Waals surface area contributed by atoms with Crippen LogP contribution >= 0.6 is 0 Å². The first-order valence-corrected chi connectivity index (χ1v) is 5.41. The Bertz CT molecular complexity index is 403. The fourth-order valence-corrected chi connectivity index (χ4v) is 1.91. The van der Waals surface area contributed by atoms with E-state index in [0.29, 0.717) is 19.6 Å². The van der Waals surface area contributed by atoms with Gasteiger partial charge in [0.2, 0.25) is 0 Å². The molecule has 1 atom stereocenters. The number of carbonyl (C=O) groups excluding carboxylic acids is 1. The van der Waals surface area contributed by atoms with Crippen LogP contribution in [0.15, 0.2) is 18.2 Å². The molecule has 0 bridgehead atoms. The largest absolute Gasteiger partial charge is 0.508 e. The van der Waals surface area contributed by atoms with Gasteiger partial charge in [0.05, 0.1) is 6.61 Å². The molecule has 0 unspecified atom stereocenters. The van der Waals surface area contributed by atoms with Crippen molar-refractivity contribution in [1.29, 1.82) is 0 Å². The van der Waals surface area contributed by atoms with Gasteiger partial charge in [0, 0.05) is 6.54 Å². The summed E-state index contributed by atoms with van der Waals surface area (Å²) in [5.41, 5.74) is 2.13. The van der Waals surface area contributed by atoms with E-state index in [4.69, 9.17) is 4.74 Å². The minimum absolute atomic E-state index is 0.225. The van der Waals surface area contributed by atoms with E-state index in [1.807, 2.05) is 6.07 Å². The fraction of sp³-hybridized carbons (Fsp3) is 0.417. The SMILES string of the molecule is CCOC(=O)[C@H]1Cc2cc(O)ccc2CN1. The third kappa shape index (κ3) is 2.17. The molecule has 4 heteroatoms. The average Bonchev–Trinajstić information content (AvgIpc) is 2.28. The lowest BCUT2D eigenvalue weighted by atomic mass is 9.95. The highest BCUT2D eigenvalue weighted by molar-refractivity contribution is 5.76. The molecule has 0 saturated heterocycles. The second-order valence-electron chi connectivity index (χ2n) is 3.84. The van der Waals surface area contributed by atoms with Crippen molar-refractivity contribution in [1.82, 2.24) is 5.32 Å². The van der Waals surface area contributed by atoms with Gasteiger partial charge >= 0.3 is 5.97 Å². The molecule has 0 saturated carbocycles. The highest BCUT2D eigenvalue weighted by atomic mass is 16.5. The first-order chi connectivity index (χ1) is 7.70. The summed E-state index contributed by atoms with van der Waals surface area (Å²) < 4.78 is 4.96. The summed E-state index contributed by atoms with van der Waals surface area (Å²) in [5, 5.41) is 12.5. The molecule has 0 aromatic heterocycles. The van der Waals surface area contributed by atoms with Crippen molar-refractivity contribution in [3.8, 4) is 5.75 Å². The number of benzene rings is 1. The molecule has 0 radical (unpaired) electrons. The monoisotopic (exact) mass is 221 g/mol. The number of hydrogen-bond donors (Lipinski definition) is 2. The van der Waals surface area contributed by atoms with Crippen molar-refractivity contribution in [3.05, 3.63) is 29.3 Å². The van der Waals surface area contributed by atoms with E-state index in [1.165, 1.54) is 0 Å². The molecule has 0 fully saturated rings. The summed E-state index contributed by atoms with van der Waals surface area (Å²) >= 11 is 0. The van der Waals surface area contributed by atoms with Crippen molar-refractivity contribution in [2.45, 2.75) is 25.9 Å². The first kappa shape index (κ1) is 11.0. The molecule has 0 amide bonds. The highest BCUT2D eigenvalue weighted by Gasteiger charge is 2.25. The maximum atomic E-state index is 11.5. The second-order valence-corrected chi connectivity index (χ2v) is 3.84. The van der Waals surface area contributed by atoms with Gasteiger partial charge in [-0.3, -0.25) is 4.79 Å². The van der Waals surface area contributed by atoms with E-state index in [2.05, 4.69) is 5.32 Å². The number of hydrogen-bond acceptors (Lipinski definition) is 4. The third-order valence-corrected chi connectivity index (χ3v) is 2.72. The van der Waals surface area contributed by atoms with E-state index in [0.717, 1.165) is 11.1 Å². The molecule has 0 aliphatic carbocycles. The van der Waals surface area contributed by atoms with Crippen LogP contribution in [0.25, 0.3) is 0 Å². The van der Waals surface area contributed by atoms with E-state index < -0.39 is 0 Å². The minimum atomic E-state index is -0.297. The smallest absolute Gasteiger partial charge is 0.323 e. The standard InChI is InChI=1S/C12H15NO3/c1-2-16-12(15)11-6-9-5-10(14)4-3-8(9)7-13-11/h3-5,11,13-14H,2,6-7H2,1H3/t11-/m1/s1. The highest BCUT2D eigenvalue weighted by Crippen LogP contribution is 2.21. The van der Waals surface area contributed by atoms with Gasteiger partial charge in [0.15, 0.2) is 0 Å². The molecule has 1 aromatic rings. The number of esters is 1. The average molecular weight is 221 g/mol. The molecule has 1 aromatic carbocycles. The van der Waals surface area contributed by atoms with Crippen molar-refractivity contribution >= 4 is 5.97 Å². The number of carbonyl (C=O) groups is 1. The number of fused-ring (bicyclic) bond motifs is 1. The maximum absolute atomic E-state index is 11.5. The predicted octanol–water partition coefficient (Wildman–Crippen LogP) is 0.970. The Hall–Kier alpha value is -1.55. The summed E-state index contributed by atoms with van der Waals surface area (Å²) in [4.78, 5) is 11.5. The second kappa shape index (κ2) is 4.53. The van der Waals surface area contributed by atoms with Gasteiger partial charge in [-0.05, 0) is 36.6 Å². The molecule has 16 heavy (non-hydrogen) atoms. The lowest BCUT2D eigenvalue weighted by Gasteiger charge is -2.24. The molecular formula is C12H15NO3. The van der Waals surface area contributed by atoms with Gasteiger partial charge in [-0.1, -0.05) is 6.07 Å². The molecule has 1 aliphatic heterocycles. The van der Waals surface area contributed by atoms with Crippen LogP contribution in [0.2, 0.25) is 0 Å². The molecule has 86 valence electrons. The summed E-state index contributed by atoms with van der Waals surface area (Å²) in [6, 6.07) is 4.95. The maximum Gasteiger partial charge on any atom is 0.323 e. The van der Waals surface area contributed by atoms with Crippen LogP contribution in [-0.4, -0.2) is 23.7 Å². The first-order valence-electron chi connectivity index (χ1n) is 5.41. The van der Waals surface area contributed by atoms with E-state index in [1.54, 1.807) is 19.1 Å². The number of aromatic hydroxyl groups is 1. The molecule has 0 spiro atoms. The Balaban J connectivity index is 2.13. The van der Waals surface area contributed by atoms with E-state index >= 15 is 0 Å². The number of nitrogens with one attached hydrogen (secondary N) is 1. The minimum Gasteiger partial charge on any atom is -0.508 e. The lowest BCUT2D eigenvalue weighted by Crippen LogP contribution is -2.42. The topological polar surface area (TPSA) is 58.6 Å². The fourth-order valence-electron chi connectivity index (χ4n) is 1.91. The summed E-state index contributed by atoms with van der Waals surface area (Å²) in [6.45, 7) is 2.82. The molecule has 4 nitrogen and oxygen atoms in total. The summed E-state index contributed by atoms with van der Waals surface area (Å²) in [6.07, 6.45) is 0.572. The number of rotatable bonds is 2. The Labute approximate surface area is 94.2 Å². The Morgan fingerprint density at radius 2 is 2.38 bits per heavy atom. The number of ether oxygens (including phenoxy) is 1. The van der Waals surface area contributed by atoms with Gasteiger partial charge in [-0.15, -0.1) is 0 Å². The van der Waals surface area contributed by atoms with Gasteiger partial charge in [0.25, 0.3) is 0 Å². The van der Waals surface area contributed by atoms with Crippen LogP contribution in [0.4, 0.5) is 0 Å². The van der Waals surface area contributed by atoms with Crippen molar-refractivity contribution in [2.75, 3.05) is 6.61 Å². The molecular weight excluding hydrogens is 206 g/mol. The zero-order chi connectivity index (χ0) is 11.5. The summed E-state index contributed by atoms with van der Waals surface area (Å²) in [7, 11) is 0. The molecule has 2 N–H and O–H groups in total. The van der Waals surface area contributed by atoms with Crippen LogP contribution in [0.1, 0.15) is 18.1 Å². The van der Waals surface area contributed by atoms with Gasteiger partial charge in [0.1, 0.15) is 11.8 Å². The number of phenols is 1. The zero-order valence-electron chi connectivity index (χ0n) is 9.19. The Kier molecular flexibility index (Phi) is 3.10. The zero-order valence-corrected chi connectivity index (χ0v) is 9.19. The van der Waals surface area contributed by atoms with Crippen molar-refractivity contribution in [3.63, 3.8) is 0 Å². The van der Waals surface area contributed by atoms with Crippen LogP contribution < -0.4 is 5.32 Å². The molecule has 1 heterocycles. The Morgan fingerprint density at radius 3 is 3.12 bits per heavy atom. The van der Waals surface area contributed by atoms with Crippen LogP contribution in [-0.2, 0) is 22.5 Å². The number of phenolic OH excluding ortho intramolecular Hbond substituents is 1. The summed E-state index contributed by atoms with van der Waals surface area (Å²) in [5.74, 6) is 0.0137. The quantitative estimate of drug-likeness (QED) is 0.731. The van der Waals surface area contributed by atoms with Gasteiger partial charge in [-0.2, -0.15) is 0 Å². The molecule has 2 rings (SSSR count). The van der Waals surface area contributed by atoms with Crippen molar-refractivity contribution < 1.29 is 14.6 Å².